The van der Waals surface area contributed by atoms with Crippen molar-refractivity contribution in [1.29, 1.82) is 5.26 Å². The number of nitrogens with zero attached hydrogens (tertiary/aromatic N) is 5. The lowest BCUT2D eigenvalue weighted by Crippen LogP contribution is -2.23. The van der Waals surface area contributed by atoms with Crippen LogP contribution in [-0.4, -0.2) is 27.9 Å². The van der Waals surface area contributed by atoms with Crippen LogP contribution in [0.2, 0.25) is 0 Å². The monoisotopic (exact) mass is 320 g/mol. The number of nitriles is 1. The predicted molar refractivity (Wildman–Crippen MR) is 94.8 cm³/mol. The maximum absolute atomic E-state index is 9.09. The largest absolute Gasteiger partial charge is 0.275 e. The predicted octanol–water partition coefficient (Wildman–Crippen LogP) is 2.98. The van der Waals surface area contributed by atoms with Crippen LogP contribution in [0.5, 0.6) is 0 Å². The summed E-state index contributed by atoms with van der Waals surface area (Å²) in [7, 11) is 0. The fourth-order valence-corrected chi connectivity index (χ4v) is 2.77. The number of amidine groups is 1. The lowest BCUT2D eigenvalue weighted by molar-refractivity contribution is 0.630. The Morgan fingerprint density at radius 1 is 1.29 bits per heavy atom. The number of hydrogen-bond donors (Lipinski definition) is 1. The molecule has 1 aliphatic rings. The van der Waals surface area contributed by atoms with Crippen molar-refractivity contribution in [2.75, 3.05) is 6.54 Å². The first-order valence-corrected chi connectivity index (χ1v) is 8.09. The van der Waals surface area contributed by atoms with Crippen molar-refractivity contribution in [1.82, 2.24) is 15.1 Å². The molecule has 2 heterocycles. The average Bonchev–Trinajstić information content (AvgIpc) is 2.86. The summed E-state index contributed by atoms with van der Waals surface area (Å²) in [6, 6.07) is 10.0. The molecule has 0 atom stereocenters. The zero-order chi connectivity index (χ0) is 17.1. The molecule has 1 aromatic carbocycles. The van der Waals surface area contributed by atoms with E-state index in [4.69, 9.17) is 15.4 Å². The molecule has 0 amide bonds. The highest BCUT2D eigenvalue weighted by Crippen LogP contribution is 2.32. The molecule has 0 saturated heterocycles. The number of fused-ring (bicyclic) bond motifs is 1. The summed E-state index contributed by atoms with van der Waals surface area (Å²) in [4.78, 5) is 9.49. The van der Waals surface area contributed by atoms with Gasteiger partial charge in [0, 0.05) is 6.54 Å². The highest BCUT2D eigenvalue weighted by atomic mass is 15.3. The van der Waals surface area contributed by atoms with Crippen molar-refractivity contribution < 1.29 is 0 Å². The van der Waals surface area contributed by atoms with Crippen molar-refractivity contribution in [3.05, 3.63) is 47.3 Å². The molecular formula is C18H20N6. The van der Waals surface area contributed by atoms with Crippen molar-refractivity contribution >= 4 is 17.2 Å². The highest BCUT2D eigenvalue weighted by molar-refractivity contribution is 6.11. The van der Waals surface area contributed by atoms with Gasteiger partial charge in [-0.2, -0.15) is 10.4 Å². The van der Waals surface area contributed by atoms with E-state index in [1.807, 2.05) is 48.1 Å². The van der Waals surface area contributed by atoms with Crippen molar-refractivity contribution in [2.24, 2.45) is 9.98 Å². The minimum atomic E-state index is 0.230. The van der Waals surface area contributed by atoms with Crippen LogP contribution in [0.15, 0.2) is 40.3 Å². The minimum absolute atomic E-state index is 0.230. The summed E-state index contributed by atoms with van der Waals surface area (Å²) < 4.78 is 1.87. The average molecular weight is 320 g/mol. The zero-order valence-corrected chi connectivity index (χ0v) is 14.1. The zero-order valence-electron chi connectivity index (χ0n) is 14.1. The van der Waals surface area contributed by atoms with Crippen LogP contribution < -0.4 is 5.32 Å². The fourth-order valence-electron chi connectivity index (χ4n) is 2.77. The standard InChI is InChI=1S/C18H20N6/c1-4-24-17-16(15(23-24)12(2)3)22-14(10-20-18(17)21-11-19)13-8-6-5-7-9-13/h5-9,12H,4,10H2,1-3H3,(H,20,21). The van der Waals surface area contributed by atoms with Gasteiger partial charge in [0.25, 0.3) is 0 Å². The molecule has 0 unspecified atom stereocenters. The summed E-state index contributed by atoms with van der Waals surface area (Å²) >= 11 is 0. The molecule has 2 aromatic rings. The van der Waals surface area contributed by atoms with Crippen LogP contribution >= 0.6 is 0 Å². The van der Waals surface area contributed by atoms with Gasteiger partial charge >= 0.3 is 0 Å². The molecule has 24 heavy (non-hydrogen) atoms. The SMILES string of the molecule is CCn1nc(C(C)C)c2c1C(NC#N)=NCC(c1ccccc1)=N2. The van der Waals surface area contributed by atoms with Crippen molar-refractivity contribution in [3.63, 3.8) is 0 Å². The number of hydrogen-bond acceptors (Lipinski definition) is 5. The van der Waals surface area contributed by atoms with E-state index in [1.54, 1.807) is 0 Å². The van der Waals surface area contributed by atoms with Crippen molar-refractivity contribution in [3.8, 4) is 6.19 Å². The van der Waals surface area contributed by atoms with Gasteiger partial charge in [0.15, 0.2) is 12.0 Å². The Kier molecular flexibility index (Phi) is 4.43. The molecule has 0 bridgehead atoms. The van der Waals surface area contributed by atoms with E-state index in [-0.39, 0.29) is 5.92 Å². The van der Waals surface area contributed by atoms with Gasteiger partial charge in [-0.3, -0.25) is 15.0 Å². The van der Waals surface area contributed by atoms with Gasteiger partial charge < -0.3 is 0 Å². The Balaban J connectivity index is 2.23. The molecule has 122 valence electrons. The first-order valence-electron chi connectivity index (χ1n) is 8.09. The number of benzene rings is 1. The Hall–Kier alpha value is -2.94. The summed E-state index contributed by atoms with van der Waals surface area (Å²) in [6.45, 7) is 7.33. The van der Waals surface area contributed by atoms with Crippen LogP contribution in [0.1, 0.15) is 43.6 Å². The first kappa shape index (κ1) is 15.9. The molecule has 1 aliphatic heterocycles. The highest BCUT2D eigenvalue weighted by Gasteiger charge is 2.25. The second kappa shape index (κ2) is 6.67. The number of aliphatic imine (C=N–C) groups is 2. The van der Waals surface area contributed by atoms with Gasteiger partial charge in [-0.05, 0) is 18.4 Å². The molecule has 1 aromatic heterocycles. The fraction of sp³-hybridized carbons (Fsp3) is 0.333. The van der Waals surface area contributed by atoms with E-state index in [0.29, 0.717) is 18.9 Å². The topological polar surface area (TPSA) is 78.4 Å². The van der Waals surface area contributed by atoms with Gasteiger partial charge in [0.1, 0.15) is 11.4 Å². The van der Waals surface area contributed by atoms with Gasteiger partial charge in [-0.25, -0.2) is 4.99 Å². The Morgan fingerprint density at radius 2 is 2.04 bits per heavy atom. The molecule has 0 aliphatic carbocycles. The van der Waals surface area contributed by atoms with Gasteiger partial charge in [0.2, 0.25) is 0 Å². The number of nitrogens with one attached hydrogen (secondary N) is 1. The summed E-state index contributed by atoms with van der Waals surface area (Å²) in [5.41, 5.74) is 4.43. The van der Waals surface area contributed by atoms with Crippen LogP contribution in [0, 0.1) is 11.5 Å². The van der Waals surface area contributed by atoms with Crippen LogP contribution in [0.3, 0.4) is 0 Å². The van der Waals surface area contributed by atoms with E-state index in [2.05, 4.69) is 24.2 Å². The van der Waals surface area contributed by atoms with Gasteiger partial charge in [0.05, 0.1) is 18.0 Å². The molecule has 0 fully saturated rings. The van der Waals surface area contributed by atoms with Gasteiger partial charge in [-0.15, -0.1) is 0 Å². The molecule has 0 spiro atoms. The molecule has 6 heteroatoms. The number of aryl methyl sites for hydroxylation is 1. The molecule has 0 radical (unpaired) electrons. The van der Waals surface area contributed by atoms with E-state index in [1.165, 1.54) is 0 Å². The number of aromatic nitrogens is 2. The quantitative estimate of drug-likeness (QED) is 0.697. The molecular weight excluding hydrogens is 300 g/mol. The molecule has 0 saturated carbocycles. The van der Waals surface area contributed by atoms with Crippen molar-refractivity contribution in [2.45, 2.75) is 33.2 Å². The Morgan fingerprint density at radius 3 is 2.67 bits per heavy atom. The second-order valence-electron chi connectivity index (χ2n) is 5.88. The summed E-state index contributed by atoms with van der Waals surface area (Å²) in [5, 5.41) is 16.5. The lowest BCUT2D eigenvalue weighted by atomic mass is 10.1. The smallest absolute Gasteiger partial charge is 0.182 e. The summed E-state index contributed by atoms with van der Waals surface area (Å²) in [5.74, 6) is 0.761. The maximum atomic E-state index is 9.09. The van der Waals surface area contributed by atoms with Crippen LogP contribution in [0.25, 0.3) is 0 Å². The minimum Gasteiger partial charge on any atom is -0.275 e. The molecule has 6 nitrogen and oxygen atoms in total. The van der Waals surface area contributed by atoms with Gasteiger partial charge in [-0.1, -0.05) is 44.2 Å². The van der Waals surface area contributed by atoms with E-state index in [9.17, 15) is 0 Å². The van der Waals surface area contributed by atoms with Crippen LogP contribution in [0.4, 0.5) is 5.69 Å². The summed E-state index contributed by atoms with van der Waals surface area (Å²) in [6.07, 6.45) is 1.98. The third kappa shape index (κ3) is 2.81. The molecule has 1 N–H and O–H groups in total. The lowest BCUT2D eigenvalue weighted by Gasteiger charge is -2.05. The second-order valence-corrected chi connectivity index (χ2v) is 5.88. The third-order valence-corrected chi connectivity index (χ3v) is 3.94. The maximum Gasteiger partial charge on any atom is 0.182 e. The van der Waals surface area contributed by atoms with E-state index < -0.39 is 0 Å². The third-order valence-electron chi connectivity index (χ3n) is 3.94. The van der Waals surface area contributed by atoms with E-state index >= 15 is 0 Å². The Bertz CT molecular complexity index is 836. The Labute approximate surface area is 141 Å². The molecule has 3 rings (SSSR count). The van der Waals surface area contributed by atoms with E-state index in [0.717, 1.165) is 28.4 Å². The normalized spacial score (nSPS) is 13.6. The number of rotatable bonds is 3. The van der Waals surface area contributed by atoms with Crippen LogP contribution in [-0.2, 0) is 6.54 Å². The first-order chi connectivity index (χ1) is 11.7.